The van der Waals surface area contributed by atoms with Crippen LogP contribution < -0.4 is 10.1 Å². The fourth-order valence-electron chi connectivity index (χ4n) is 2.25. The van der Waals surface area contributed by atoms with Gasteiger partial charge in [0, 0.05) is 35.6 Å². The van der Waals surface area contributed by atoms with E-state index in [2.05, 4.69) is 22.4 Å². The molecule has 1 unspecified atom stereocenters. The molecule has 0 aliphatic carbocycles. The molecule has 3 nitrogen and oxygen atoms in total. The maximum Gasteiger partial charge on any atom is 0.122 e. The van der Waals surface area contributed by atoms with Crippen molar-refractivity contribution in [2.75, 3.05) is 13.2 Å². The Kier molecular flexibility index (Phi) is 3.30. The van der Waals surface area contributed by atoms with Crippen molar-refractivity contribution in [1.82, 2.24) is 10.3 Å². The minimum atomic E-state index is 0.468. The first-order valence-electron chi connectivity index (χ1n) is 6.16. The van der Waals surface area contributed by atoms with Crippen molar-refractivity contribution in [3.63, 3.8) is 0 Å². The van der Waals surface area contributed by atoms with Gasteiger partial charge in [-0.05, 0) is 13.0 Å². The van der Waals surface area contributed by atoms with Crippen LogP contribution in [0.3, 0.4) is 0 Å². The first-order chi connectivity index (χ1) is 8.83. The zero-order chi connectivity index (χ0) is 12.4. The second-order valence-corrected chi connectivity index (χ2v) is 5.84. The third kappa shape index (κ3) is 2.40. The number of benzene rings is 1. The van der Waals surface area contributed by atoms with E-state index >= 15 is 0 Å². The first-order valence-corrected chi connectivity index (χ1v) is 6.98. The standard InChI is InChI=1S/C14H16N2OS/c1-10-16-8-12(18-10)7-15-6-11-9-17-14-5-3-2-4-13(11)14/h2-5,8,11,15H,6-7,9H2,1H3. The van der Waals surface area contributed by atoms with E-state index in [1.54, 1.807) is 11.3 Å². The lowest BCUT2D eigenvalue weighted by Gasteiger charge is -2.09. The highest BCUT2D eigenvalue weighted by Gasteiger charge is 2.22. The van der Waals surface area contributed by atoms with Gasteiger partial charge in [-0.3, -0.25) is 0 Å². The van der Waals surface area contributed by atoms with Gasteiger partial charge in [-0.25, -0.2) is 4.98 Å². The Hall–Kier alpha value is -1.39. The SMILES string of the molecule is Cc1ncc(CNCC2COc3ccccc32)s1. The van der Waals surface area contributed by atoms with E-state index in [9.17, 15) is 0 Å². The summed E-state index contributed by atoms with van der Waals surface area (Å²) >= 11 is 1.75. The van der Waals surface area contributed by atoms with Crippen LogP contribution >= 0.6 is 11.3 Å². The maximum absolute atomic E-state index is 5.67. The predicted molar refractivity (Wildman–Crippen MR) is 73.2 cm³/mol. The molecule has 18 heavy (non-hydrogen) atoms. The summed E-state index contributed by atoms with van der Waals surface area (Å²) in [4.78, 5) is 5.55. The van der Waals surface area contributed by atoms with Crippen LogP contribution in [0, 0.1) is 6.92 Å². The molecule has 0 saturated carbocycles. The number of aromatic nitrogens is 1. The molecule has 1 aromatic carbocycles. The summed E-state index contributed by atoms with van der Waals surface area (Å²) in [5, 5.41) is 4.61. The monoisotopic (exact) mass is 260 g/mol. The quantitative estimate of drug-likeness (QED) is 0.918. The van der Waals surface area contributed by atoms with Crippen molar-refractivity contribution in [1.29, 1.82) is 0 Å². The van der Waals surface area contributed by atoms with Crippen LogP contribution in [-0.4, -0.2) is 18.1 Å². The lowest BCUT2D eigenvalue weighted by Crippen LogP contribution is -2.21. The Labute approximate surface area is 111 Å². The lowest BCUT2D eigenvalue weighted by atomic mass is 10.0. The third-order valence-electron chi connectivity index (χ3n) is 3.16. The van der Waals surface area contributed by atoms with Crippen LogP contribution in [0.5, 0.6) is 5.75 Å². The molecule has 3 rings (SSSR count). The van der Waals surface area contributed by atoms with Crippen LogP contribution in [0.25, 0.3) is 0 Å². The normalized spacial score (nSPS) is 17.5. The number of nitrogens with zero attached hydrogens (tertiary/aromatic N) is 1. The van der Waals surface area contributed by atoms with Gasteiger partial charge in [-0.15, -0.1) is 11.3 Å². The molecular weight excluding hydrogens is 244 g/mol. The molecule has 0 amide bonds. The zero-order valence-electron chi connectivity index (χ0n) is 10.3. The van der Waals surface area contributed by atoms with Crippen LogP contribution in [-0.2, 0) is 6.54 Å². The van der Waals surface area contributed by atoms with Gasteiger partial charge in [-0.2, -0.15) is 0 Å². The third-order valence-corrected chi connectivity index (χ3v) is 4.07. The summed E-state index contributed by atoms with van der Waals surface area (Å²) in [5.41, 5.74) is 1.32. The number of nitrogens with one attached hydrogen (secondary N) is 1. The molecule has 94 valence electrons. The topological polar surface area (TPSA) is 34.2 Å². The lowest BCUT2D eigenvalue weighted by molar-refractivity contribution is 0.326. The van der Waals surface area contributed by atoms with Gasteiger partial charge >= 0.3 is 0 Å². The molecule has 1 aliphatic heterocycles. The highest BCUT2D eigenvalue weighted by atomic mass is 32.1. The van der Waals surface area contributed by atoms with Gasteiger partial charge in [0.1, 0.15) is 5.75 Å². The Morgan fingerprint density at radius 2 is 2.33 bits per heavy atom. The first kappa shape index (κ1) is 11.7. The van der Waals surface area contributed by atoms with E-state index in [1.807, 2.05) is 25.3 Å². The number of rotatable bonds is 4. The number of hydrogen-bond acceptors (Lipinski definition) is 4. The Balaban J connectivity index is 1.56. The molecule has 4 heteroatoms. The van der Waals surface area contributed by atoms with E-state index in [-0.39, 0.29) is 0 Å². The van der Waals surface area contributed by atoms with E-state index in [0.717, 1.165) is 30.5 Å². The summed E-state index contributed by atoms with van der Waals surface area (Å²) in [6.45, 7) is 4.67. The number of aryl methyl sites for hydroxylation is 1. The molecule has 1 N–H and O–H groups in total. The van der Waals surface area contributed by atoms with Gasteiger partial charge in [0.15, 0.2) is 0 Å². The van der Waals surface area contributed by atoms with Gasteiger partial charge in [0.2, 0.25) is 0 Å². The second kappa shape index (κ2) is 5.08. The summed E-state index contributed by atoms with van der Waals surface area (Å²) < 4.78 is 5.67. The fraction of sp³-hybridized carbons (Fsp3) is 0.357. The Morgan fingerprint density at radius 3 is 3.17 bits per heavy atom. The van der Waals surface area contributed by atoms with Gasteiger partial charge < -0.3 is 10.1 Å². The van der Waals surface area contributed by atoms with Gasteiger partial charge in [0.25, 0.3) is 0 Å². The molecule has 0 bridgehead atoms. The number of fused-ring (bicyclic) bond motifs is 1. The van der Waals surface area contributed by atoms with Crippen molar-refractivity contribution in [2.45, 2.75) is 19.4 Å². The van der Waals surface area contributed by atoms with Crippen LogP contribution in [0.1, 0.15) is 21.4 Å². The summed E-state index contributed by atoms with van der Waals surface area (Å²) in [6, 6.07) is 8.30. The molecule has 1 aromatic heterocycles. The number of thiazole rings is 1. The summed E-state index contributed by atoms with van der Waals surface area (Å²) in [6.07, 6.45) is 1.95. The molecule has 0 spiro atoms. The molecular formula is C14H16N2OS. The average Bonchev–Trinajstić information content (AvgIpc) is 2.97. The van der Waals surface area contributed by atoms with E-state index in [0.29, 0.717) is 5.92 Å². The van der Waals surface area contributed by atoms with Gasteiger partial charge in [-0.1, -0.05) is 18.2 Å². The van der Waals surface area contributed by atoms with Crippen LogP contribution in [0.15, 0.2) is 30.5 Å². The van der Waals surface area contributed by atoms with E-state index < -0.39 is 0 Å². The van der Waals surface area contributed by atoms with Gasteiger partial charge in [0.05, 0.1) is 11.6 Å². The molecule has 0 saturated heterocycles. The minimum Gasteiger partial charge on any atom is -0.493 e. The number of hydrogen-bond donors (Lipinski definition) is 1. The maximum atomic E-state index is 5.67. The van der Waals surface area contributed by atoms with Crippen molar-refractivity contribution in [2.24, 2.45) is 0 Å². The molecule has 2 aromatic rings. The summed E-state index contributed by atoms with van der Waals surface area (Å²) in [7, 11) is 0. The highest BCUT2D eigenvalue weighted by Crippen LogP contribution is 2.32. The Bertz CT molecular complexity index is 538. The number of ether oxygens (including phenoxy) is 1. The Morgan fingerprint density at radius 1 is 1.44 bits per heavy atom. The van der Waals surface area contributed by atoms with Crippen molar-refractivity contribution >= 4 is 11.3 Å². The van der Waals surface area contributed by atoms with Crippen molar-refractivity contribution in [3.8, 4) is 5.75 Å². The molecule has 0 fully saturated rings. The highest BCUT2D eigenvalue weighted by molar-refractivity contribution is 7.11. The van der Waals surface area contributed by atoms with Crippen molar-refractivity contribution in [3.05, 3.63) is 45.9 Å². The molecule has 1 aliphatic rings. The summed E-state index contributed by atoms with van der Waals surface area (Å²) in [5.74, 6) is 1.51. The van der Waals surface area contributed by atoms with Crippen molar-refractivity contribution < 1.29 is 4.74 Å². The predicted octanol–water partition coefficient (Wildman–Crippen LogP) is 2.72. The molecule has 2 heterocycles. The number of para-hydroxylation sites is 1. The smallest absolute Gasteiger partial charge is 0.122 e. The molecule has 0 radical (unpaired) electrons. The minimum absolute atomic E-state index is 0.468. The van der Waals surface area contributed by atoms with Crippen LogP contribution in [0.4, 0.5) is 0 Å². The fourth-order valence-corrected chi connectivity index (χ4v) is 3.02. The zero-order valence-corrected chi connectivity index (χ0v) is 11.2. The molecule has 1 atom stereocenters. The van der Waals surface area contributed by atoms with E-state index in [4.69, 9.17) is 4.74 Å². The second-order valence-electron chi connectivity index (χ2n) is 4.52. The van der Waals surface area contributed by atoms with Crippen LogP contribution in [0.2, 0.25) is 0 Å². The largest absolute Gasteiger partial charge is 0.493 e. The average molecular weight is 260 g/mol. The van der Waals surface area contributed by atoms with E-state index in [1.165, 1.54) is 10.4 Å².